The Bertz CT molecular complexity index is 1060. The van der Waals surface area contributed by atoms with Crippen LogP contribution in [0.3, 0.4) is 0 Å². The van der Waals surface area contributed by atoms with Crippen LogP contribution in [0, 0.1) is 0 Å². The van der Waals surface area contributed by atoms with Gasteiger partial charge in [-0.25, -0.2) is 27.3 Å². The van der Waals surface area contributed by atoms with E-state index in [1.54, 1.807) is 25.3 Å². The number of aliphatic imine (C=N–C) groups is 1. The normalized spacial score (nSPS) is 14.8. The van der Waals surface area contributed by atoms with Gasteiger partial charge in [0.1, 0.15) is 12.4 Å². The van der Waals surface area contributed by atoms with Crippen LogP contribution in [0.4, 0.5) is 8.78 Å². The molecule has 0 saturated carbocycles. The van der Waals surface area contributed by atoms with Gasteiger partial charge < -0.3 is 0 Å². The first-order valence-electron chi connectivity index (χ1n) is 8.82. The molecular weight excluding hydrogens is 398 g/mol. The van der Waals surface area contributed by atoms with E-state index in [2.05, 4.69) is 9.98 Å². The fraction of sp³-hybridized carbons (Fsp3) is 0.300. The third kappa shape index (κ3) is 5.45. The molecule has 0 amide bonds. The number of aromatic nitrogens is 2. The second-order valence-electron chi connectivity index (χ2n) is 6.91. The minimum atomic E-state index is -3.85. The molecular formula is C20H24F2N4O2S. The number of imidazole rings is 1. The van der Waals surface area contributed by atoms with Gasteiger partial charge in [-0.05, 0) is 58.0 Å². The highest BCUT2D eigenvalue weighted by atomic mass is 32.2. The summed E-state index contributed by atoms with van der Waals surface area (Å²) >= 11 is 0. The van der Waals surface area contributed by atoms with Gasteiger partial charge in [0.25, 0.3) is 0 Å². The van der Waals surface area contributed by atoms with Gasteiger partial charge in [-0.2, -0.15) is 0 Å². The predicted octanol–water partition coefficient (Wildman–Crippen LogP) is 3.96. The van der Waals surface area contributed by atoms with E-state index in [9.17, 15) is 17.2 Å². The second-order valence-corrected chi connectivity index (χ2v) is 8.47. The van der Waals surface area contributed by atoms with Crippen LogP contribution >= 0.6 is 0 Å². The summed E-state index contributed by atoms with van der Waals surface area (Å²) in [7, 11) is -3.85. The van der Waals surface area contributed by atoms with Crippen LogP contribution in [-0.4, -0.2) is 30.4 Å². The fourth-order valence-electron chi connectivity index (χ4n) is 2.46. The lowest BCUT2D eigenvalue weighted by Gasteiger charge is -2.12. The van der Waals surface area contributed by atoms with Crippen molar-refractivity contribution in [1.29, 1.82) is 0 Å². The van der Waals surface area contributed by atoms with E-state index in [1.807, 2.05) is 13.8 Å². The molecule has 2 rings (SSSR count). The summed E-state index contributed by atoms with van der Waals surface area (Å²) in [6.45, 7) is 5.42. The minimum absolute atomic E-state index is 0.0608. The maximum Gasteiger partial charge on any atom is 0.238 e. The Morgan fingerprint density at radius 2 is 1.93 bits per heavy atom. The molecule has 1 unspecified atom stereocenters. The predicted molar refractivity (Wildman–Crippen MR) is 110 cm³/mol. The summed E-state index contributed by atoms with van der Waals surface area (Å²) in [5, 5.41) is 5.14. The summed E-state index contributed by atoms with van der Waals surface area (Å²) in [5.74, 6) is 0.292. The SMILES string of the molecule is C/C=C\N=C(C=C(C)C)c1nc(C(C)(F)CF)cn1-c1ccc(S(N)(=O)=O)cc1. The molecule has 0 bridgehead atoms. The number of halogens is 2. The molecule has 0 aliphatic heterocycles. The minimum Gasteiger partial charge on any atom is -0.298 e. The Balaban J connectivity index is 2.74. The van der Waals surface area contributed by atoms with Crippen molar-refractivity contribution in [3.05, 3.63) is 65.9 Å². The quantitative estimate of drug-likeness (QED) is 0.685. The number of allylic oxidation sites excluding steroid dienone is 3. The maximum absolute atomic E-state index is 14.6. The van der Waals surface area contributed by atoms with E-state index in [0.717, 1.165) is 12.5 Å². The summed E-state index contributed by atoms with van der Waals surface area (Å²) in [6.07, 6.45) is 6.45. The zero-order valence-corrected chi connectivity index (χ0v) is 17.5. The van der Waals surface area contributed by atoms with Gasteiger partial charge in [0.15, 0.2) is 11.5 Å². The lowest BCUT2D eigenvalue weighted by Crippen LogP contribution is -2.18. The van der Waals surface area contributed by atoms with Crippen molar-refractivity contribution in [1.82, 2.24) is 9.55 Å². The molecule has 1 aromatic heterocycles. The van der Waals surface area contributed by atoms with Gasteiger partial charge in [-0.3, -0.25) is 9.56 Å². The number of hydrogen-bond acceptors (Lipinski definition) is 4. The van der Waals surface area contributed by atoms with Gasteiger partial charge in [-0.1, -0.05) is 11.6 Å². The van der Waals surface area contributed by atoms with Gasteiger partial charge in [0.2, 0.25) is 10.0 Å². The zero-order chi connectivity index (χ0) is 21.8. The maximum atomic E-state index is 14.6. The van der Waals surface area contributed by atoms with Gasteiger partial charge in [0, 0.05) is 18.1 Å². The highest BCUT2D eigenvalue weighted by Gasteiger charge is 2.31. The van der Waals surface area contributed by atoms with Crippen molar-refractivity contribution in [3.8, 4) is 5.69 Å². The average molecular weight is 423 g/mol. The van der Waals surface area contributed by atoms with Crippen LogP contribution in [0.15, 0.2) is 64.3 Å². The number of alkyl halides is 2. The van der Waals surface area contributed by atoms with Crippen molar-refractivity contribution >= 4 is 15.7 Å². The van der Waals surface area contributed by atoms with E-state index in [1.165, 1.54) is 35.0 Å². The summed E-state index contributed by atoms with van der Waals surface area (Å²) in [4.78, 5) is 8.60. The molecule has 1 heterocycles. The topological polar surface area (TPSA) is 90.3 Å². The molecule has 0 aliphatic carbocycles. The third-order valence-electron chi connectivity index (χ3n) is 3.95. The van der Waals surface area contributed by atoms with Crippen molar-refractivity contribution in [2.45, 2.75) is 38.3 Å². The first-order valence-corrected chi connectivity index (χ1v) is 10.4. The molecule has 9 heteroatoms. The molecule has 0 aliphatic rings. The number of primary sulfonamides is 1. The number of nitrogens with two attached hydrogens (primary N) is 1. The van der Waals surface area contributed by atoms with E-state index >= 15 is 0 Å². The van der Waals surface area contributed by atoms with E-state index in [4.69, 9.17) is 5.14 Å². The molecule has 6 nitrogen and oxygen atoms in total. The lowest BCUT2D eigenvalue weighted by atomic mass is 10.1. The largest absolute Gasteiger partial charge is 0.298 e. The van der Waals surface area contributed by atoms with Crippen LogP contribution in [0.5, 0.6) is 0 Å². The monoisotopic (exact) mass is 422 g/mol. The van der Waals surface area contributed by atoms with Crippen LogP contribution in [0.2, 0.25) is 0 Å². The van der Waals surface area contributed by atoms with Crippen molar-refractivity contribution < 1.29 is 17.2 Å². The Labute approximate surface area is 169 Å². The number of benzene rings is 1. The molecule has 2 N–H and O–H groups in total. The summed E-state index contributed by atoms with van der Waals surface area (Å²) < 4.78 is 52.4. The molecule has 156 valence electrons. The number of sulfonamides is 1. The van der Waals surface area contributed by atoms with Crippen LogP contribution < -0.4 is 5.14 Å². The first kappa shape index (κ1) is 22.6. The molecule has 29 heavy (non-hydrogen) atoms. The van der Waals surface area contributed by atoms with Crippen LogP contribution in [0.25, 0.3) is 5.69 Å². The Kier molecular flexibility index (Phi) is 6.86. The molecule has 1 atom stereocenters. The molecule has 1 aromatic carbocycles. The molecule has 0 spiro atoms. The van der Waals surface area contributed by atoms with Crippen molar-refractivity contribution in [3.63, 3.8) is 0 Å². The summed E-state index contributed by atoms with van der Waals surface area (Å²) in [5.41, 5.74) is -0.504. The zero-order valence-electron chi connectivity index (χ0n) is 16.7. The smallest absolute Gasteiger partial charge is 0.238 e. The third-order valence-corrected chi connectivity index (χ3v) is 4.88. The Morgan fingerprint density at radius 3 is 2.41 bits per heavy atom. The number of hydrogen-bond donors (Lipinski definition) is 1. The van der Waals surface area contributed by atoms with Gasteiger partial charge >= 0.3 is 0 Å². The van der Waals surface area contributed by atoms with Crippen molar-refractivity contribution in [2.75, 3.05) is 6.67 Å². The lowest BCUT2D eigenvalue weighted by molar-refractivity contribution is 0.137. The molecule has 2 aromatic rings. The van der Waals surface area contributed by atoms with Gasteiger partial charge in [-0.15, -0.1) is 0 Å². The van der Waals surface area contributed by atoms with Gasteiger partial charge in [0.05, 0.1) is 10.6 Å². The molecule has 0 saturated heterocycles. The standard InChI is InChI=1S/C20H24F2N4O2S/c1-5-10-24-17(11-14(2)3)19-25-18(20(4,22)13-21)12-26(19)15-6-8-16(9-7-15)29(23,27)28/h5-12H,13H2,1-4H3,(H2,23,27,28)/b10-5-,24-17?. The fourth-order valence-corrected chi connectivity index (χ4v) is 2.98. The van der Waals surface area contributed by atoms with Crippen LogP contribution in [-0.2, 0) is 15.7 Å². The molecule has 0 fully saturated rings. The molecule has 0 radical (unpaired) electrons. The highest BCUT2D eigenvalue weighted by Crippen LogP contribution is 2.27. The number of rotatable bonds is 7. The van der Waals surface area contributed by atoms with E-state index < -0.39 is 22.4 Å². The average Bonchev–Trinajstić information content (AvgIpc) is 3.10. The second kappa shape index (κ2) is 8.79. The van der Waals surface area contributed by atoms with Crippen molar-refractivity contribution in [2.24, 2.45) is 10.1 Å². The van der Waals surface area contributed by atoms with E-state index in [-0.39, 0.29) is 10.6 Å². The Hall–Kier alpha value is -2.65. The first-order chi connectivity index (χ1) is 13.5. The number of nitrogens with zero attached hydrogens (tertiary/aromatic N) is 3. The van der Waals surface area contributed by atoms with E-state index in [0.29, 0.717) is 17.2 Å². The van der Waals surface area contributed by atoms with Crippen LogP contribution in [0.1, 0.15) is 39.2 Å². The highest BCUT2D eigenvalue weighted by molar-refractivity contribution is 7.89. The summed E-state index contributed by atoms with van der Waals surface area (Å²) in [6, 6.07) is 5.69. The Morgan fingerprint density at radius 1 is 1.31 bits per heavy atom.